The standard InChI is InChI=1S/C5H14O3SSi.Na.H/c1-10(2,3)5-4-9(6,7)8;;/h4-5H2,1-3H3,(H,6,7,8);;/q;+1;-1. The molecule has 0 aliphatic carbocycles. The Bertz CT molecular complexity index is 199. The smallest absolute Gasteiger partial charge is 1.00 e. The van der Waals surface area contributed by atoms with Crippen molar-refractivity contribution in [3.8, 4) is 0 Å². The van der Waals surface area contributed by atoms with E-state index in [1.165, 1.54) is 0 Å². The van der Waals surface area contributed by atoms with Gasteiger partial charge in [-0.15, -0.1) is 0 Å². The number of hydrogen-bond donors (Lipinski definition) is 1. The summed E-state index contributed by atoms with van der Waals surface area (Å²) in [5.74, 6) is -0.0806. The molecule has 11 heavy (non-hydrogen) atoms. The molecule has 64 valence electrons. The molecule has 0 atom stereocenters. The third-order valence-electron chi connectivity index (χ3n) is 1.11. The Morgan fingerprint density at radius 1 is 1.36 bits per heavy atom. The molecule has 0 fully saturated rings. The van der Waals surface area contributed by atoms with Crippen LogP contribution in [0.15, 0.2) is 0 Å². The summed E-state index contributed by atoms with van der Waals surface area (Å²) in [7, 11) is -5.03. The number of hydrogen-bond acceptors (Lipinski definition) is 2. The van der Waals surface area contributed by atoms with E-state index in [0.717, 1.165) is 0 Å². The van der Waals surface area contributed by atoms with Gasteiger partial charge in [0.15, 0.2) is 0 Å². The van der Waals surface area contributed by atoms with E-state index in [9.17, 15) is 8.42 Å². The van der Waals surface area contributed by atoms with Crippen molar-refractivity contribution in [2.75, 3.05) is 5.75 Å². The minimum absolute atomic E-state index is 0. The average molecular weight is 206 g/mol. The van der Waals surface area contributed by atoms with Gasteiger partial charge in [0.1, 0.15) is 0 Å². The maximum absolute atomic E-state index is 10.3. The fourth-order valence-corrected chi connectivity index (χ4v) is 3.92. The zero-order chi connectivity index (χ0) is 8.41. The van der Waals surface area contributed by atoms with E-state index < -0.39 is 18.2 Å². The van der Waals surface area contributed by atoms with Crippen LogP contribution < -0.4 is 29.6 Å². The summed E-state index contributed by atoms with van der Waals surface area (Å²) in [5.41, 5.74) is 0. The molecule has 0 amide bonds. The maximum Gasteiger partial charge on any atom is 1.00 e. The van der Waals surface area contributed by atoms with Crippen molar-refractivity contribution in [3.63, 3.8) is 0 Å². The topological polar surface area (TPSA) is 54.4 Å². The van der Waals surface area contributed by atoms with E-state index >= 15 is 0 Å². The first-order chi connectivity index (χ1) is 4.21. The summed E-state index contributed by atoms with van der Waals surface area (Å²) in [4.78, 5) is 0. The van der Waals surface area contributed by atoms with Crippen LogP contribution >= 0.6 is 0 Å². The van der Waals surface area contributed by atoms with Crippen LogP contribution in [0.5, 0.6) is 0 Å². The van der Waals surface area contributed by atoms with Crippen LogP contribution in [0, 0.1) is 0 Å². The molecule has 0 unspecified atom stereocenters. The van der Waals surface area contributed by atoms with Crippen molar-refractivity contribution in [1.29, 1.82) is 0 Å². The Balaban J connectivity index is -0.000000405. The van der Waals surface area contributed by atoms with Crippen LogP contribution in [0.4, 0.5) is 0 Å². The van der Waals surface area contributed by atoms with Crippen molar-refractivity contribution < 1.29 is 44.0 Å². The van der Waals surface area contributed by atoms with Crippen molar-refractivity contribution >= 4 is 18.2 Å². The van der Waals surface area contributed by atoms with Gasteiger partial charge < -0.3 is 1.43 Å². The second-order valence-corrected chi connectivity index (χ2v) is 10.8. The molecular weight excluding hydrogens is 191 g/mol. The van der Waals surface area contributed by atoms with E-state index in [2.05, 4.69) is 19.6 Å². The molecule has 1 N–H and O–H groups in total. The van der Waals surface area contributed by atoms with Crippen molar-refractivity contribution in [1.82, 2.24) is 0 Å². The van der Waals surface area contributed by atoms with Crippen LogP contribution in [0.25, 0.3) is 0 Å². The summed E-state index contributed by atoms with van der Waals surface area (Å²) >= 11 is 0. The number of rotatable bonds is 3. The van der Waals surface area contributed by atoms with Crippen molar-refractivity contribution in [2.24, 2.45) is 0 Å². The van der Waals surface area contributed by atoms with Gasteiger partial charge in [0.25, 0.3) is 10.1 Å². The van der Waals surface area contributed by atoms with Gasteiger partial charge in [-0.2, -0.15) is 8.42 Å². The van der Waals surface area contributed by atoms with Crippen LogP contribution in [0.3, 0.4) is 0 Å². The fraction of sp³-hybridized carbons (Fsp3) is 1.00. The molecule has 0 aliphatic rings. The molecule has 0 saturated carbocycles. The Morgan fingerprint density at radius 2 is 1.73 bits per heavy atom. The predicted molar refractivity (Wildman–Crippen MR) is 45.7 cm³/mol. The maximum atomic E-state index is 10.3. The van der Waals surface area contributed by atoms with Crippen LogP contribution in [0.1, 0.15) is 1.43 Å². The van der Waals surface area contributed by atoms with Gasteiger partial charge in [0.2, 0.25) is 0 Å². The first-order valence-corrected chi connectivity index (χ1v) is 8.47. The predicted octanol–water partition coefficient (Wildman–Crippen LogP) is -1.67. The Kier molecular flexibility index (Phi) is 6.64. The van der Waals surface area contributed by atoms with Crippen LogP contribution in [-0.2, 0) is 10.1 Å². The molecule has 0 aromatic rings. The quantitative estimate of drug-likeness (QED) is 0.444. The zero-order valence-electron chi connectivity index (χ0n) is 8.59. The summed E-state index contributed by atoms with van der Waals surface area (Å²) in [6.45, 7) is 6.20. The summed E-state index contributed by atoms with van der Waals surface area (Å²) in [6.07, 6.45) is 0. The summed E-state index contributed by atoms with van der Waals surface area (Å²) in [5, 5.41) is 0. The van der Waals surface area contributed by atoms with Crippen molar-refractivity contribution in [3.05, 3.63) is 0 Å². The van der Waals surface area contributed by atoms with Crippen LogP contribution in [0.2, 0.25) is 25.7 Å². The third kappa shape index (κ3) is 14.0. The van der Waals surface area contributed by atoms with Gasteiger partial charge in [-0.05, 0) is 6.04 Å². The van der Waals surface area contributed by atoms with E-state index in [-0.39, 0.29) is 36.7 Å². The molecule has 0 aliphatic heterocycles. The molecule has 0 saturated heterocycles. The normalized spacial score (nSPS) is 12.4. The molecule has 0 spiro atoms. The molecule has 3 nitrogen and oxygen atoms in total. The van der Waals surface area contributed by atoms with E-state index in [1.54, 1.807) is 0 Å². The molecule has 0 bridgehead atoms. The molecular formula is C5H15NaO3SSi. The minimum Gasteiger partial charge on any atom is -1.00 e. The second-order valence-electron chi connectivity index (χ2n) is 3.60. The van der Waals surface area contributed by atoms with Gasteiger partial charge in [0, 0.05) is 8.07 Å². The van der Waals surface area contributed by atoms with E-state index in [4.69, 9.17) is 4.55 Å². The van der Waals surface area contributed by atoms with Crippen LogP contribution in [-0.4, -0.2) is 26.8 Å². The zero-order valence-corrected chi connectivity index (χ0v) is 11.4. The Hall–Kier alpha value is 1.13. The van der Waals surface area contributed by atoms with E-state index in [1.807, 2.05) is 0 Å². The van der Waals surface area contributed by atoms with Gasteiger partial charge in [-0.1, -0.05) is 19.6 Å². The monoisotopic (exact) mass is 206 g/mol. The minimum atomic E-state index is -3.72. The largest absolute Gasteiger partial charge is 1.00 e. The molecule has 6 heteroatoms. The molecule has 0 aromatic carbocycles. The molecule has 0 radical (unpaired) electrons. The Morgan fingerprint density at radius 3 is 1.82 bits per heavy atom. The third-order valence-corrected chi connectivity index (χ3v) is 3.94. The summed E-state index contributed by atoms with van der Waals surface area (Å²) < 4.78 is 28.9. The SMILES string of the molecule is C[Si](C)(C)CCS(=O)(=O)O.[H-].[Na+]. The Labute approximate surface area is 93.1 Å². The molecule has 0 heterocycles. The first kappa shape index (κ1) is 14.6. The van der Waals surface area contributed by atoms with Gasteiger partial charge in [0.05, 0.1) is 5.75 Å². The van der Waals surface area contributed by atoms with Gasteiger partial charge in [-0.3, -0.25) is 4.55 Å². The van der Waals surface area contributed by atoms with Gasteiger partial charge >= 0.3 is 29.6 Å². The van der Waals surface area contributed by atoms with E-state index in [0.29, 0.717) is 6.04 Å². The molecule has 0 aromatic heterocycles. The van der Waals surface area contributed by atoms with Crippen molar-refractivity contribution in [2.45, 2.75) is 25.7 Å². The first-order valence-electron chi connectivity index (χ1n) is 3.16. The second kappa shape index (κ2) is 4.99. The van der Waals surface area contributed by atoms with Gasteiger partial charge in [-0.25, -0.2) is 0 Å². The molecule has 0 rings (SSSR count). The fourth-order valence-electron chi connectivity index (χ4n) is 0.435. The average Bonchev–Trinajstić information content (AvgIpc) is 1.57. The summed E-state index contributed by atoms with van der Waals surface area (Å²) in [6, 6.07) is 0.631.